The monoisotopic (exact) mass is 384 g/mol. The molecule has 7 nitrogen and oxygen atoms in total. The molecule has 1 amide bonds. The molecule has 0 radical (unpaired) electrons. The number of rotatable bonds is 9. The van der Waals surface area contributed by atoms with E-state index in [0.29, 0.717) is 19.5 Å². The number of esters is 1. The molecule has 0 aliphatic rings. The number of ether oxygens (including phenoxy) is 1. The molecule has 1 rings (SSSR count). The van der Waals surface area contributed by atoms with Gasteiger partial charge in [0.15, 0.2) is 0 Å². The van der Waals surface area contributed by atoms with Gasteiger partial charge < -0.3 is 10.1 Å². The minimum Gasteiger partial charge on any atom is -0.467 e. The number of nitrogens with one attached hydrogen (secondary N) is 1. The van der Waals surface area contributed by atoms with E-state index < -0.39 is 27.9 Å². The highest BCUT2D eigenvalue weighted by molar-refractivity contribution is 7.89. The third kappa shape index (κ3) is 5.04. The number of methoxy groups -OCH3 is 1. The van der Waals surface area contributed by atoms with E-state index in [1.807, 2.05) is 13.8 Å². The minimum atomic E-state index is -3.67. The maximum absolute atomic E-state index is 12.6. The molecule has 26 heavy (non-hydrogen) atoms. The van der Waals surface area contributed by atoms with Gasteiger partial charge in [0.1, 0.15) is 6.04 Å². The number of nitrogens with zero attached hydrogens (tertiary/aromatic N) is 1. The largest absolute Gasteiger partial charge is 0.467 e. The van der Waals surface area contributed by atoms with Crippen molar-refractivity contribution in [3.05, 3.63) is 29.8 Å². The molecule has 0 fully saturated rings. The summed E-state index contributed by atoms with van der Waals surface area (Å²) in [6, 6.07) is 5.02. The second-order valence-electron chi connectivity index (χ2n) is 5.98. The molecule has 0 spiro atoms. The first-order valence-corrected chi connectivity index (χ1v) is 10.2. The number of sulfonamides is 1. The molecule has 0 aromatic heterocycles. The molecule has 0 heterocycles. The van der Waals surface area contributed by atoms with E-state index in [4.69, 9.17) is 4.74 Å². The fourth-order valence-electron chi connectivity index (χ4n) is 2.53. The lowest BCUT2D eigenvalue weighted by molar-refractivity contribution is -0.144. The van der Waals surface area contributed by atoms with Gasteiger partial charge >= 0.3 is 5.97 Å². The Morgan fingerprint density at radius 3 is 2.31 bits per heavy atom. The molecule has 0 aliphatic heterocycles. The summed E-state index contributed by atoms with van der Waals surface area (Å²) in [5.41, 5.74) is 0.176. The Labute approximate surface area is 155 Å². The summed E-state index contributed by atoms with van der Waals surface area (Å²) >= 11 is 0. The normalized spacial score (nSPS) is 13.9. The van der Waals surface area contributed by atoms with Crippen molar-refractivity contribution >= 4 is 21.9 Å². The van der Waals surface area contributed by atoms with Crippen molar-refractivity contribution < 1.29 is 22.7 Å². The van der Waals surface area contributed by atoms with Gasteiger partial charge in [-0.2, -0.15) is 4.31 Å². The second-order valence-corrected chi connectivity index (χ2v) is 7.91. The van der Waals surface area contributed by atoms with Crippen molar-refractivity contribution in [3.63, 3.8) is 0 Å². The molecule has 0 saturated carbocycles. The Balaban J connectivity index is 3.13. The van der Waals surface area contributed by atoms with E-state index >= 15 is 0 Å². The van der Waals surface area contributed by atoms with Crippen molar-refractivity contribution in [3.8, 4) is 0 Å². The number of benzene rings is 1. The lowest BCUT2D eigenvalue weighted by Crippen LogP contribution is -2.45. The van der Waals surface area contributed by atoms with Crippen LogP contribution >= 0.6 is 0 Å². The smallest absolute Gasteiger partial charge is 0.328 e. The second kappa shape index (κ2) is 9.68. The van der Waals surface area contributed by atoms with E-state index in [1.165, 1.54) is 35.7 Å². The molecular formula is C18H28N2O5S. The van der Waals surface area contributed by atoms with Crippen LogP contribution in [0.25, 0.3) is 0 Å². The maximum atomic E-state index is 12.6. The number of hydrogen-bond donors (Lipinski definition) is 1. The number of carbonyl (C=O) groups is 2. The van der Waals surface area contributed by atoms with Crippen LogP contribution in [0.3, 0.4) is 0 Å². The fourth-order valence-corrected chi connectivity index (χ4v) is 4.04. The van der Waals surface area contributed by atoms with Crippen LogP contribution in [-0.2, 0) is 19.6 Å². The molecule has 1 aromatic carbocycles. The van der Waals surface area contributed by atoms with E-state index in [0.717, 1.165) is 0 Å². The summed E-state index contributed by atoms with van der Waals surface area (Å²) in [6.45, 7) is 7.93. The van der Waals surface area contributed by atoms with Gasteiger partial charge in [-0.05, 0) is 24.1 Å². The van der Waals surface area contributed by atoms with Crippen LogP contribution in [0.5, 0.6) is 0 Å². The molecule has 146 valence electrons. The zero-order valence-electron chi connectivity index (χ0n) is 16.0. The summed E-state index contributed by atoms with van der Waals surface area (Å²) in [5, 5.41) is 2.65. The summed E-state index contributed by atoms with van der Waals surface area (Å²) < 4.78 is 31.3. The van der Waals surface area contributed by atoms with Crippen LogP contribution < -0.4 is 5.32 Å². The van der Waals surface area contributed by atoms with Gasteiger partial charge in [0.25, 0.3) is 5.91 Å². The SMILES string of the molecule is CC[C@@H](C)[C@H](NC(=O)c1cccc(S(=O)(=O)N(CC)CC)c1)C(=O)OC. The van der Waals surface area contributed by atoms with Crippen molar-refractivity contribution in [2.24, 2.45) is 5.92 Å². The van der Waals surface area contributed by atoms with Gasteiger partial charge in [-0.3, -0.25) is 4.79 Å². The van der Waals surface area contributed by atoms with Gasteiger partial charge in [0.05, 0.1) is 12.0 Å². The first kappa shape index (κ1) is 22.1. The van der Waals surface area contributed by atoms with Crippen LogP contribution in [0, 0.1) is 5.92 Å². The minimum absolute atomic E-state index is 0.0482. The first-order chi connectivity index (χ1) is 12.2. The topological polar surface area (TPSA) is 92.8 Å². The Morgan fingerprint density at radius 1 is 1.19 bits per heavy atom. The highest BCUT2D eigenvalue weighted by Gasteiger charge is 2.28. The van der Waals surface area contributed by atoms with Gasteiger partial charge in [-0.15, -0.1) is 0 Å². The zero-order valence-corrected chi connectivity index (χ0v) is 16.8. The maximum Gasteiger partial charge on any atom is 0.328 e. The lowest BCUT2D eigenvalue weighted by atomic mass is 9.99. The van der Waals surface area contributed by atoms with Crippen molar-refractivity contribution in [2.75, 3.05) is 20.2 Å². The molecule has 0 saturated heterocycles. The van der Waals surface area contributed by atoms with Crippen LogP contribution in [0.2, 0.25) is 0 Å². The predicted molar refractivity (Wildman–Crippen MR) is 99.3 cm³/mol. The number of carbonyl (C=O) groups excluding carboxylic acids is 2. The van der Waals surface area contributed by atoms with Crippen molar-refractivity contribution in [2.45, 2.75) is 45.1 Å². The summed E-state index contributed by atoms with van der Waals surface area (Å²) in [7, 11) is -2.40. The molecule has 2 atom stereocenters. The van der Waals surface area contributed by atoms with Gasteiger partial charge in [-0.25, -0.2) is 13.2 Å². The molecule has 1 N–H and O–H groups in total. The van der Waals surface area contributed by atoms with E-state index in [9.17, 15) is 18.0 Å². The predicted octanol–water partition coefficient (Wildman–Crippen LogP) is 2.03. The Kier molecular flexibility index (Phi) is 8.23. The number of amides is 1. The van der Waals surface area contributed by atoms with Gasteiger partial charge in [0.2, 0.25) is 10.0 Å². The Hall–Kier alpha value is -1.93. The third-order valence-corrected chi connectivity index (χ3v) is 6.44. The summed E-state index contributed by atoms with van der Waals surface area (Å²) in [6.07, 6.45) is 0.677. The Bertz CT molecular complexity index is 729. The summed E-state index contributed by atoms with van der Waals surface area (Å²) in [5.74, 6) is -1.16. The molecular weight excluding hydrogens is 356 g/mol. The third-order valence-electron chi connectivity index (χ3n) is 4.39. The highest BCUT2D eigenvalue weighted by Crippen LogP contribution is 2.18. The Morgan fingerprint density at radius 2 is 1.81 bits per heavy atom. The standard InChI is InChI=1S/C18H28N2O5S/c1-6-13(4)16(18(22)25-5)19-17(21)14-10-9-11-15(12-14)26(23,24)20(7-2)8-3/h9-13,16H,6-8H2,1-5H3,(H,19,21)/t13-,16+/m1/s1. The highest BCUT2D eigenvalue weighted by atomic mass is 32.2. The van der Waals surface area contributed by atoms with E-state index in [1.54, 1.807) is 13.8 Å². The molecule has 0 unspecified atom stereocenters. The average molecular weight is 384 g/mol. The van der Waals surface area contributed by atoms with E-state index in [-0.39, 0.29) is 16.4 Å². The van der Waals surface area contributed by atoms with Gasteiger partial charge in [-0.1, -0.05) is 40.2 Å². The average Bonchev–Trinajstić information content (AvgIpc) is 2.65. The molecule has 0 bridgehead atoms. The van der Waals surface area contributed by atoms with E-state index in [2.05, 4.69) is 5.32 Å². The first-order valence-electron chi connectivity index (χ1n) is 8.71. The molecule has 8 heteroatoms. The fraction of sp³-hybridized carbons (Fsp3) is 0.556. The van der Waals surface area contributed by atoms with Crippen LogP contribution in [0.15, 0.2) is 29.2 Å². The van der Waals surface area contributed by atoms with Crippen LogP contribution in [0.1, 0.15) is 44.5 Å². The summed E-state index contributed by atoms with van der Waals surface area (Å²) in [4.78, 5) is 24.5. The quantitative estimate of drug-likeness (QED) is 0.658. The number of hydrogen-bond acceptors (Lipinski definition) is 5. The van der Waals surface area contributed by atoms with Crippen molar-refractivity contribution in [1.82, 2.24) is 9.62 Å². The zero-order chi connectivity index (χ0) is 19.9. The molecule has 0 aliphatic carbocycles. The lowest BCUT2D eigenvalue weighted by Gasteiger charge is -2.22. The van der Waals surface area contributed by atoms with Crippen molar-refractivity contribution in [1.29, 1.82) is 0 Å². The van der Waals surface area contributed by atoms with Crippen LogP contribution in [-0.4, -0.2) is 50.8 Å². The van der Waals surface area contributed by atoms with Gasteiger partial charge in [0, 0.05) is 18.7 Å². The molecule has 1 aromatic rings. The van der Waals surface area contributed by atoms with Crippen LogP contribution in [0.4, 0.5) is 0 Å².